The van der Waals surface area contributed by atoms with Crippen molar-refractivity contribution in [3.8, 4) is 12.3 Å². The van der Waals surface area contributed by atoms with Gasteiger partial charge in [0.1, 0.15) is 0 Å². The molecule has 0 heterocycles. The van der Waals surface area contributed by atoms with E-state index in [0.717, 1.165) is 29.3 Å². The fourth-order valence-electron chi connectivity index (χ4n) is 1.51. The molecule has 0 aliphatic carbocycles. The van der Waals surface area contributed by atoms with Crippen molar-refractivity contribution in [1.29, 1.82) is 0 Å². The molecule has 80 valence electrons. The lowest BCUT2D eigenvalue weighted by Gasteiger charge is -2.13. The average molecular weight is 266 g/mol. The Balaban J connectivity index is 2.66. The molecule has 2 heteroatoms. The maximum Gasteiger partial charge on any atom is 0.0306 e. The van der Waals surface area contributed by atoms with Crippen LogP contribution in [0.4, 0.5) is 0 Å². The molecule has 0 saturated carbocycles. The predicted molar refractivity (Wildman–Crippen MR) is 68.5 cm³/mol. The monoisotopic (exact) mass is 265 g/mol. The van der Waals surface area contributed by atoms with Gasteiger partial charge in [0, 0.05) is 16.9 Å². The summed E-state index contributed by atoms with van der Waals surface area (Å²) < 4.78 is 1.09. The molecular formula is C13H16BrN. The van der Waals surface area contributed by atoms with Gasteiger partial charge in [-0.3, -0.25) is 0 Å². The van der Waals surface area contributed by atoms with Crippen LogP contribution in [0.5, 0.6) is 0 Å². The van der Waals surface area contributed by atoms with Crippen molar-refractivity contribution in [3.05, 3.63) is 33.8 Å². The largest absolute Gasteiger partial charge is 0.324 e. The van der Waals surface area contributed by atoms with E-state index < -0.39 is 0 Å². The van der Waals surface area contributed by atoms with Gasteiger partial charge in [0.05, 0.1) is 0 Å². The van der Waals surface area contributed by atoms with E-state index in [1.165, 1.54) is 5.56 Å². The van der Waals surface area contributed by atoms with Crippen LogP contribution in [0.2, 0.25) is 0 Å². The van der Waals surface area contributed by atoms with Gasteiger partial charge in [0.2, 0.25) is 0 Å². The van der Waals surface area contributed by atoms with Gasteiger partial charge in [-0.2, -0.15) is 0 Å². The van der Waals surface area contributed by atoms with Crippen LogP contribution in [-0.4, -0.2) is 0 Å². The molecule has 1 rings (SSSR count). The predicted octanol–water partition coefficient (Wildman–Crippen LogP) is 3.56. The number of rotatable bonds is 4. The Bertz CT molecular complexity index is 365. The van der Waals surface area contributed by atoms with E-state index in [1.807, 2.05) is 0 Å². The highest BCUT2D eigenvalue weighted by atomic mass is 79.9. The van der Waals surface area contributed by atoms with Gasteiger partial charge in [-0.25, -0.2) is 0 Å². The molecular weight excluding hydrogens is 250 g/mol. The van der Waals surface area contributed by atoms with Crippen LogP contribution in [0, 0.1) is 19.3 Å². The van der Waals surface area contributed by atoms with Gasteiger partial charge in [-0.05, 0) is 37.0 Å². The second-order valence-corrected chi connectivity index (χ2v) is 4.58. The Morgan fingerprint density at radius 3 is 2.87 bits per heavy atom. The van der Waals surface area contributed by atoms with E-state index in [1.54, 1.807) is 0 Å². The third-order valence-corrected chi connectivity index (χ3v) is 3.08. The summed E-state index contributed by atoms with van der Waals surface area (Å²) in [5.41, 5.74) is 8.49. The molecule has 1 aromatic carbocycles. The number of nitrogens with two attached hydrogens (primary N) is 1. The number of terminal acetylenes is 1. The van der Waals surface area contributed by atoms with E-state index in [2.05, 4.69) is 47.0 Å². The Hall–Kier alpha value is -0.780. The Kier molecular flexibility index (Phi) is 4.87. The lowest BCUT2D eigenvalue weighted by atomic mass is 10.0. The van der Waals surface area contributed by atoms with E-state index in [0.29, 0.717) is 0 Å². The highest BCUT2D eigenvalue weighted by Gasteiger charge is 2.08. The zero-order chi connectivity index (χ0) is 11.3. The summed E-state index contributed by atoms with van der Waals surface area (Å²) in [6, 6.07) is 6.34. The zero-order valence-corrected chi connectivity index (χ0v) is 10.5. The van der Waals surface area contributed by atoms with Gasteiger partial charge < -0.3 is 5.73 Å². The maximum atomic E-state index is 6.09. The molecule has 0 spiro atoms. The number of unbranched alkanes of at least 4 members (excludes halogenated alkanes) is 1. The van der Waals surface area contributed by atoms with Gasteiger partial charge in [-0.15, -0.1) is 12.3 Å². The van der Waals surface area contributed by atoms with Crippen LogP contribution in [0.15, 0.2) is 22.7 Å². The minimum absolute atomic E-state index is 0.0772. The summed E-state index contributed by atoms with van der Waals surface area (Å²) >= 11 is 3.54. The summed E-state index contributed by atoms with van der Waals surface area (Å²) in [7, 11) is 0. The fourth-order valence-corrected chi connectivity index (χ4v) is 2.30. The van der Waals surface area contributed by atoms with Crippen LogP contribution in [0.25, 0.3) is 0 Å². The minimum atomic E-state index is 0.0772. The normalized spacial score (nSPS) is 12.1. The Morgan fingerprint density at radius 1 is 1.53 bits per heavy atom. The number of hydrogen-bond donors (Lipinski definition) is 1. The lowest BCUT2D eigenvalue weighted by molar-refractivity contribution is 0.619. The topological polar surface area (TPSA) is 26.0 Å². The highest BCUT2D eigenvalue weighted by Crippen LogP contribution is 2.26. The molecule has 0 amide bonds. The molecule has 0 aromatic heterocycles. The minimum Gasteiger partial charge on any atom is -0.324 e. The van der Waals surface area contributed by atoms with Gasteiger partial charge in [0.15, 0.2) is 0 Å². The molecule has 0 bridgehead atoms. The van der Waals surface area contributed by atoms with Crippen LogP contribution in [0.3, 0.4) is 0 Å². The van der Waals surface area contributed by atoms with Crippen LogP contribution < -0.4 is 5.73 Å². The first kappa shape index (κ1) is 12.3. The second kappa shape index (κ2) is 5.95. The first-order valence-corrected chi connectivity index (χ1v) is 5.89. The van der Waals surface area contributed by atoms with Gasteiger partial charge in [0.25, 0.3) is 0 Å². The van der Waals surface area contributed by atoms with Crippen molar-refractivity contribution >= 4 is 15.9 Å². The molecule has 2 N–H and O–H groups in total. The smallest absolute Gasteiger partial charge is 0.0306 e. The summed E-state index contributed by atoms with van der Waals surface area (Å²) in [6.45, 7) is 2.07. The second-order valence-electron chi connectivity index (χ2n) is 3.73. The number of hydrogen-bond acceptors (Lipinski definition) is 1. The number of aryl methyl sites for hydroxylation is 1. The van der Waals surface area contributed by atoms with Crippen LogP contribution in [0.1, 0.15) is 36.4 Å². The van der Waals surface area contributed by atoms with Gasteiger partial charge in [-0.1, -0.05) is 28.1 Å². The highest BCUT2D eigenvalue weighted by molar-refractivity contribution is 9.10. The summed E-state index contributed by atoms with van der Waals surface area (Å²) in [5, 5.41) is 0. The molecule has 0 fully saturated rings. The third-order valence-electron chi connectivity index (χ3n) is 2.39. The standard InChI is InChI=1S/C13H16BrN/c1-3-4-5-6-13(15)11-8-7-10(2)9-12(11)14/h1,7-9,13H,4-6,15H2,2H3. The quantitative estimate of drug-likeness (QED) is 0.654. The molecule has 0 aliphatic heterocycles. The zero-order valence-electron chi connectivity index (χ0n) is 8.96. The maximum absolute atomic E-state index is 6.09. The van der Waals surface area contributed by atoms with E-state index in [-0.39, 0.29) is 6.04 Å². The molecule has 15 heavy (non-hydrogen) atoms. The van der Waals surface area contributed by atoms with Crippen LogP contribution in [-0.2, 0) is 0 Å². The van der Waals surface area contributed by atoms with Crippen molar-refractivity contribution < 1.29 is 0 Å². The molecule has 0 aliphatic rings. The van der Waals surface area contributed by atoms with Gasteiger partial charge >= 0.3 is 0 Å². The van der Waals surface area contributed by atoms with E-state index in [9.17, 15) is 0 Å². The first-order valence-electron chi connectivity index (χ1n) is 5.10. The van der Waals surface area contributed by atoms with Crippen molar-refractivity contribution in [1.82, 2.24) is 0 Å². The van der Waals surface area contributed by atoms with E-state index >= 15 is 0 Å². The molecule has 0 saturated heterocycles. The van der Waals surface area contributed by atoms with Crippen LogP contribution >= 0.6 is 15.9 Å². The summed E-state index contributed by atoms with van der Waals surface area (Å²) in [5.74, 6) is 2.63. The SMILES string of the molecule is C#CCCCC(N)c1ccc(C)cc1Br. The van der Waals surface area contributed by atoms with E-state index in [4.69, 9.17) is 12.2 Å². The molecule has 1 atom stereocenters. The number of benzene rings is 1. The summed E-state index contributed by atoms with van der Waals surface area (Å²) in [6.07, 6.45) is 7.93. The lowest BCUT2D eigenvalue weighted by Crippen LogP contribution is -2.10. The Morgan fingerprint density at radius 2 is 2.27 bits per heavy atom. The first-order chi connectivity index (χ1) is 7.15. The summed E-state index contributed by atoms with van der Waals surface area (Å²) in [4.78, 5) is 0. The molecule has 0 radical (unpaired) electrons. The average Bonchev–Trinajstić information content (AvgIpc) is 2.17. The Labute approximate surface area is 100 Å². The fraction of sp³-hybridized carbons (Fsp3) is 0.385. The molecule has 1 nitrogen and oxygen atoms in total. The number of halogens is 1. The van der Waals surface area contributed by atoms with Crippen molar-refractivity contribution in [3.63, 3.8) is 0 Å². The van der Waals surface area contributed by atoms with Crippen molar-refractivity contribution in [2.45, 2.75) is 32.2 Å². The van der Waals surface area contributed by atoms with Crippen molar-refractivity contribution in [2.75, 3.05) is 0 Å². The molecule has 1 aromatic rings. The third kappa shape index (κ3) is 3.70. The molecule has 1 unspecified atom stereocenters. The van der Waals surface area contributed by atoms with Crippen molar-refractivity contribution in [2.24, 2.45) is 5.73 Å².